The highest BCUT2D eigenvalue weighted by molar-refractivity contribution is 5.94. The molecule has 1 atom stereocenters. The van der Waals surface area contributed by atoms with E-state index >= 15 is 0 Å². The first-order chi connectivity index (χ1) is 11.6. The summed E-state index contributed by atoms with van der Waals surface area (Å²) < 4.78 is 2.28. The maximum Gasteiger partial charge on any atom is 0.332 e. The second kappa shape index (κ2) is 9.87. The van der Waals surface area contributed by atoms with Crippen LogP contribution in [0, 0.1) is 5.92 Å². The summed E-state index contributed by atoms with van der Waals surface area (Å²) in [6.45, 7) is 4.59. The Balaban J connectivity index is 0.00000338. The molecule has 0 saturated heterocycles. The predicted molar refractivity (Wildman–Crippen MR) is 111 cm³/mol. The molecule has 0 aliphatic rings. The average molecular weight is 420 g/mol. The Morgan fingerprint density at radius 2 is 1.78 bits per heavy atom. The molecule has 1 amide bonds. The van der Waals surface area contributed by atoms with Gasteiger partial charge in [-0.1, -0.05) is 13.8 Å². The van der Waals surface area contributed by atoms with Gasteiger partial charge in [0, 0.05) is 33.7 Å². The lowest BCUT2D eigenvalue weighted by molar-refractivity contribution is 0.0783. The van der Waals surface area contributed by atoms with Gasteiger partial charge in [-0.15, -0.1) is 24.8 Å². The summed E-state index contributed by atoms with van der Waals surface area (Å²) in [5.74, 6) is 0.0685. The Kier molecular flexibility index (Phi) is 9.17. The maximum atomic E-state index is 12.6. The minimum absolute atomic E-state index is 0. The van der Waals surface area contributed by atoms with Gasteiger partial charge in [0.1, 0.15) is 11.3 Å². The highest BCUT2D eigenvalue weighted by Crippen LogP contribution is 2.10. The summed E-state index contributed by atoms with van der Waals surface area (Å²) in [6.07, 6.45) is 0.687. The molecule has 2 aromatic rings. The number of carbonyl (C=O) groups excluding carboxylic acids is 1. The first-order valence-corrected chi connectivity index (χ1v) is 8.23. The van der Waals surface area contributed by atoms with Crippen LogP contribution >= 0.6 is 24.8 Å². The highest BCUT2D eigenvalue weighted by Gasteiger charge is 2.18. The normalized spacial score (nSPS) is 11.7. The third-order valence-corrected chi connectivity index (χ3v) is 4.52. The van der Waals surface area contributed by atoms with Gasteiger partial charge in [-0.05, 0) is 24.5 Å². The number of halogens is 2. The number of hydrogen-bond acceptors (Lipinski definition) is 5. The van der Waals surface area contributed by atoms with Crippen molar-refractivity contribution < 1.29 is 4.79 Å². The minimum Gasteiger partial charge on any atom is -0.340 e. The first kappa shape index (κ1) is 25.1. The standard InChI is InChI=1S/C17H25N5O3.2ClH/c1-10(2)12(18)8-9-20(3)16(24)13-7-6-11-14(19-13)21(4)17(25)22(5)15(11)23;;/h6-7,10,12H,8-9,18H2,1-5H3;2*1H. The van der Waals surface area contributed by atoms with E-state index in [9.17, 15) is 14.4 Å². The van der Waals surface area contributed by atoms with Crippen LogP contribution in [-0.4, -0.2) is 44.6 Å². The van der Waals surface area contributed by atoms with Crippen LogP contribution in [0.3, 0.4) is 0 Å². The number of pyridine rings is 1. The molecular formula is C17H27Cl2N5O3. The average Bonchev–Trinajstić information content (AvgIpc) is 2.60. The van der Waals surface area contributed by atoms with Crippen LogP contribution in [0.2, 0.25) is 0 Å². The molecule has 0 aliphatic heterocycles. The second-order valence-electron chi connectivity index (χ2n) is 6.70. The zero-order valence-electron chi connectivity index (χ0n) is 16.1. The van der Waals surface area contributed by atoms with Gasteiger partial charge in [-0.25, -0.2) is 9.78 Å². The lowest BCUT2D eigenvalue weighted by Gasteiger charge is -2.21. The van der Waals surface area contributed by atoms with E-state index < -0.39 is 11.2 Å². The van der Waals surface area contributed by atoms with Crippen molar-refractivity contribution in [2.45, 2.75) is 26.3 Å². The zero-order chi connectivity index (χ0) is 18.9. The lowest BCUT2D eigenvalue weighted by atomic mass is 10.0. The Hall–Kier alpha value is -1.90. The Morgan fingerprint density at radius 3 is 2.33 bits per heavy atom. The van der Waals surface area contributed by atoms with Gasteiger partial charge < -0.3 is 10.6 Å². The van der Waals surface area contributed by atoms with Crippen molar-refractivity contribution in [3.63, 3.8) is 0 Å². The number of carbonyl (C=O) groups is 1. The van der Waals surface area contributed by atoms with Crippen molar-refractivity contribution in [1.29, 1.82) is 0 Å². The summed E-state index contributed by atoms with van der Waals surface area (Å²) in [4.78, 5) is 42.6. The monoisotopic (exact) mass is 419 g/mol. The topological polar surface area (TPSA) is 103 Å². The number of aryl methyl sites for hydroxylation is 1. The van der Waals surface area contributed by atoms with Crippen molar-refractivity contribution in [3.8, 4) is 0 Å². The van der Waals surface area contributed by atoms with Crippen LogP contribution in [0.1, 0.15) is 30.8 Å². The molecule has 8 nitrogen and oxygen atoms in total. The lowest BCUT2D eigenvalue weighted by Crippen LogP contribution is -2.38. The van der Waals surface area contributed by atoms with Gasteiger partial charge >= 0.3 is 5.69 Å². The molecule has 10 heteroatoms. The molecule has 0 bridgehead atoms. The predicted octanol–water partition coefficient (Wildman–Crippen LogP) is 0.921. The molecular weight excluding hydrogens is 393 g/mol. The highest BCUT2D eigenvalue weighted by atomic mass is 35.5. The number of hydrogen-bond donors (Lipinski definition) is 1. The number of fused-ring (bicyclic) bond motifs is 1. The van der Waals surface area contributed by atoms with Crippen molar-refractivity contribution in [2.75, 3.05) is 13.6 Å². The number of aromatic nitrogens is 3. The molecule has 2 rings (SSSR count). The van der Waals surface area contributed by atoms with Gasteiger partial charge in [0.2, 0.25) is 0 Å². The van der Waals surface area contributed by atoms with Crippen molar-refractivity contribution >= 4 is 41.8 Å². The SMILES string of the molecule is CC(C)C(N)CCN(C)C(=O)c1ccc2c(=O)n(C)c(=O)n(C)c2n1.Cl.Cl. The number of nitrogens with zero attached hydrogens (tertiary/aromatic N) is 4. The van der Waals surface area contributed by atoms with Gasteiger partial charge in [0.25, 0.3) is 11.5 Å². The number of rotatable bonds is 5. The van der Waals surface area contributed by atoms with Crippen molar-refractivity contribution in [3.05, 3.63) is 38.7 Å². The van der Waals surface area contributed by atoms with Crippen LogP contribution in [0.5, 0.6) is 0 Å². The molecule has 0 fully saturated rings. The van der Waals surface area contributed by atoms with Crippen LogP contribution < -0.4 is 17.0 Å². The largest absolute Gasteiger partial charge is 0.340 e. The van der Waals surface area contributed by atoms with E-state index in [1.54, 1.807) is 11.9 Å². The fourth-order valence-electron chi connectivity index (χ4n) is 2.55. The summed E-state index contributed by atoms with van der Waals surface area (Å²) in [5.41, 5.74) is 5.50. The third-order valence-electron chi connectivity index (χ3n) is 4.52. The maximum absolute atomic E-state index is 12.6. The molecule has 0 spiro atoms. The molecule has 0 aromatic carbocycles. The summed E-state index contributed by atoms with van der Waals surface area (Å²) in [7, 11) is 4.62. The van der Waals surface area contributed by atoms with E-state index in [2.05, 4.69) is 4.98 Å². The van der Waals surface area contributed by atoms with E-state index in [0.29, 0.717) is 24.3 Å². The van der Waals surface area contributed by atoms with Crippen LogP contribution in [-0.2, 0) is 14.1 Å². The molecule has 0 saturated carbocycles. The van der Waals surface area contributed by atoms with Gasteiger partial charge in [-0.3, -0.25) is 18.7 Å². The molecule has 2 heterocycles. The van der Waals surface area contributed by atoms with Crippen molar-refractivity contribution in [2.24, 2.45) is 25.7 Å². The van der Waals surface area contributed by atoms with E-state index in [0.717, 1.165) is 4.57 Å². The molecule has 1 unspecified atom stereocenters. The molecule has 2 N–H and O–H groups in total. The fourth-order valence-corrected chi connectivity index (χ4v) is 2.55. The van der Waals surface area contributed by atoms with E-state index in [1.165, 1.54) is 30.8 Å². The van der Waals surface area contributed by atoms with Crippen LogP contribution in [0.4, 0.5) is 0 Å². The van der Waals surface area contributed by atoms with Gasteiger partial charge in [-0.2, -0.15) is 0 Å². The third kappa shape index (κ3) is 5.09. The van der Waals surface area contributed by atoms with Crippen LogP contribution in [0.25, 0.3) is 11.0 Å². The molecule has 27 heavy (non-hydrogen) atoms. The first-order valence-electron chi connectivity index (χ1n) is 8.23. The van der Waals surface area contributed by atoms with Gasteiger partial charge in [0.15, 0.2) is 0 Å². The molecule has 0 radical (unpaired) electrons. The van der Waals surface area contributed by atoms with Gasteiger partial charge in [0.05, 0.1) is 5.39 Å². The quantitative estimate of drug-likeness (QED) is 0.775. The summed E-state index contributed by atoms with van der Waals surface area (Å²) in [5, 5.41) is 0.297. The summed E-state index contributed by atoms with van der Waals surface area (Å²) >= 11 is 0. The zero-order valence-corrected chi connectivity index (χ0v) is 17.8. The molecule has 0 aliphatic carbocycles. The Morgan fingerprint density at radius 1 is 1.19 bits per heavy atom. The minimum atomic E-state index is -0.481. The number of amides is 1. The van der Waals surface area contributed by atoms with Crippen molar-refractivity contribution in [1.82, 2.24) is 19.0 Å². The molecule has 2 aromatic heterocycles. The van der Waals surface area contributed by atoms with Crippen LogP contribution in [0.15, 0.2) is 21.7 Å². The second-order valence-corrected chi connectivity index (χ2v) is 6.70. The Bertz CT molecular complexity index is 923. The summed E-state index contributed by atoms with van der Waals surface area (Å²) in [6, 6.07) is 3.06. The van der Waals surface area contributed by atoms with E-state index in [4.69, 9.17) is 5.73 Å². The number of nitrogens with two attached hydrogens (primary N) is 1. The Labute approximate surface area is 170 Å². The smallest absolute Gasteiger partial charge is 0.332 e. The van der Waals surface area contributed by atoms with E-state index in [-0.39, 0.29) is 48.1 Å². The fraction of sp³-hybridized carbons (Fsp3) is 0.529. The van der Waals surface area contributed by atoms with E-state index in [1.807, 2.05) is 13.8 Å². The molecule has 152 valence electrons.